The standard InChI is InChI=1S/C23H31ClN4O2/c1-6-13-27(15-21(29)25-20-10-8-7-9-17(20)4)22(30)12-11-19-18(5)26-28(23(19)24)14-16(2)3/h7-12,16H,6,13-15H2,1-5H3,(H,25,29)/b12-11-. The third-order valence-corrected chi connectivity index (χ3v) is 5.00. The highest BCUT2D eigenvalue weighted by atomic mass is 35.5. The van der Waals surface area contributed by atoms with E-state index in [0.29, 0.717) is 24.2 Å². The second-order valence-corrected chi connectivity index (χ2v) is 8.18. The van der Waals surface area contributed by atoms with Crippen molar-refractivity contribution in [2.24, 2.45) is 5.92 Å². The Labute approximate surface area is 183 Å². The Morgan fingerprint density at radius 2 is 1.97 bits per heavy atom. The molecule has 7 heteroatoms. The topological polar surface area (TPSA) is 67.2 Å². The Kier molecular flexibility index (Phi) is 8.66. The fourth-order valence-electron chi connectivity index (χ4n) is 3.10. The predicted octanol–water partition coefficient (Wildman–Crippen LogP) is 4.70. The Hall–Kier alpha value is -2.60. The van der Waals surface area contributed by atoms with Crippen LogP contribution < -0.4 is 5.32 Å². The van der Waals surface area contributed by atoms with Crippen LogP contribution >= 0.6 is 11.6 Å². The maximum Gasteiger partial charge on any atom is 0.247 e. The lowest BCUT2D eigenvalue weighted by Crippen LogP contribution is -2.37. The van der Waals surface area contributed by atoms with Crippen LogP contribution in [0.25, 0.3) is 6.08 Å². The largest absolute Gasteiger partial charge is 0.330 e. The molecule has 30 heavy (non-hydrogen) atoms. The number of anilines is 1. The molecule has 162 valence electrons. The van der Waals surface area contributed by atoms with Gasteiger partial charge in [-0.15, -0.1) is 0 Å². The molecule has 0 saturated heterocycles. The van der Waals surface area contributed by atoms with Gasteiger partial charge in [-0.25, -0.2) is 0 Å². The first-order valence-corrected chi connectivity index (χ1v) is 10.7. The van der Waals surface area contributed by atoms with Crippen molar-refractivity contribution in [3.8, 4) is 0 Å². The van der Waals surface area contributed by atoms with Gasteiger partial charge in [-0.05, 0) is 43.9 Å². The first kappa shape index (κ1) is 23.7. The van der Waals surface area contributed by atoms with Crippen LogP contribution in [0.3, 0.4) is 0 Å². The fraction of sp³-hybridized carbons (Fsp3) is 0.435. The minimum atomic E-state index is -0.233. The molecule has 0 bridgehead atoms. The molecule has 0 atom stereocenters. The lowest BCUT2D eigenvalue weighted by atomic mass is 10.2. The lowest BCUT2D eigenvalue weighted by Gasteiger charge is -2.20. The van der Waals surface area contributed by atoms with Crippen LogP contribution in [0.4, 0.5) is 5.69 Å². The monoisotopic (exact) mass is 430 g/mol. The third kappa shape index (κ3) is 6.46. The van der Waals surface area contributed by atoms with Crippen LogP contribution in [0.15, 0.2) is 30.3 Å². The summed E-state index contributed by atoms with van der Waals surface area (Å²) >= 11 is 6.45. The van der Waals surface area contributed by atoms with E-state index in [9.17, 15) is 9.59 Å². The van der Waals surface area contributed by atoms with Crippen molar-refractivity contribution in [1.82, 2.24) is 14.7 Å². The van der Waals surface area contributed by atoms with E-state index >= 15 is 0 Å². The highest BCUT2D eigenvalue weighted by molar-refractivity contribution is 6.31. The van der Waals surface area contributed by atoms with E-state index < -0.39 is 0 Å². The Morgan fingerprint density at radius 3 is 2.60 bits per heavy atom. The average molecular weight is 431 g/mol. The average Bonchev–Trinajstić information content (AvgIpc) is 2.93. The van der Waals surface area contributed by atoms with Gasteiger partial charge in [-0.3, -0.25) is 14.3 Å². The van der Waals surface area contributed by atoms with Gasteiger partial charge in [-0.1, -0.05) is 50.6 Å². The number of halogens is 1. The molecule has 0 saturated carbocycles. The SMILES string of the molecule is CCCN(CC(=O)Nc1ccccc1C)C(=O)/C=C\c1c(C)nn(CC(C)C)c1Cl. The van der Waals surface area contributed by atoms with Gasteiger partial charge in [0.1, 0.15) is 11.7 Å². The number of aryl methyl sites for hydroxylation is 2. The van der Waals surface area contributed by atoms with Gasteiger partial charge in [0.25, 0.3) is 0 Å². The van der Waals surface area contributed by atoms with Gasteiger partial charge in [0, 0.05) is 30.4 Å². The highest BCUT2D eigenvalue weighted by Crippen LogP contribution is 2.22. The summed E-state index contributed by atoms with van der Waals surface area (Å²) < 4.78 is 1.76. The number of aromatic nitrogens is 2. The molecule has 0 fully saturated rings. The lowest BCUT2D eigenvalue weighted by molar-refractivity contribution is -0.130. The summed E-state index contributed by atoms with van der Waals surface area (Å²) in [6, 6.07) is 7.56. The second-order valence-electron chi connectivity index (χ2n) is 7.82. The summed E-state index contributed by atoms with van der Waals surface area (Å²) in [4.78, 5) is 26.8. The number of amides is 2. The number of nitrogens with zero attached hydrogens (tertiary/aromatic N) is 3. The van der Waals surface area contributed by atoms with Gasteiger partial charge < -0.3 is 10.2 Å². The fourth-order valence-corrected chi connectivity index (χ4v) is 3.40. The molecular weight excluding hydrogens is 400 g/mol. The van der Waals surface area contributed by atoms with Crippen molar-refractivity contribution in [3.05, 3.63) is 52.3 Å². The van der Waals surface area contributed by atoms with Crippen molar-refractivity contribution in [1.29, 1.82) is 0 Å². The minimum Gasteiger partial charge on any atom is -0.330 e. The summed E-state index contributed by atoms with van der Waals surface area (Å²) in [6.07, 6.45) is 3.90. The summed E-state index contributed by atoms with van der Waals surface area (Å²) in [5.41, 5.74) is 3.22. The number of hydrogen-bond acceptors (Lipinski definition) is 3. The van der Waals surface area contributed by atoms with Crippen molar-refractivity contribution in [3.63, 3.8) is 0 Å². The van der Waals surface area contributed by atoms with Crippen LogP contribution in [-0.2, 0) is 16.1 Å². The zero-order valence-corrected chi connectivity index (χ0v) is 19.2. The first-order valence-electron chi connectivity index (χ1n) is 10.3. The number of rotatable bonds is 9. The van der Waals surface area contributed by atoms with E-state index in [1.807, 2.05) is 45.0 Å². The molecule has 1 heterocycles. The Morgan fingerprint density at radius 1 is 1.27 bits per heavy atom. The summed E-state index contributed by atoms with van der Waals surface area (Å²) in [5, 5.41) is 7.85. The smallest absolute Gasteiger partial charge is 0.247 e. The molecule has 2 amide bonds. The van der Waals surface area contributed by atoms with Crippen LogP contribution in [0.2, 0.25) is 5.15 Å². The van der Waals surface area contributed by atoms with Crippen molar-refractivity contribution < 1.29 is 9.59 Å². The predicted molar refractivity (Wildman–Crippen MR) is 123 cm³/mol. The molecule has 0 aliphatic rings. The van der Waals surface area contributed by atoms with E-state index in [2.05, 4.69) is 24.3 Å². The molecule has 1 N–H and O–H groups in total. The van der Waals surface area contributed by atoms with Crippen LogP contribution in [0.5, 0.6) is 0 Å². The number of carbonyl (C=O) groups is 2. The van der Waals surface area contributed by atoms with Crippen molar-refractivity contribution in [2.45, 2.75) is 47.6 Å². The summed E-state index contributed by atoms with van der Waals surface area (Å²) in [5.74, 6) is -0.0469. The molecule has 0 aliphatic carbocycles. The molecule has 0 spiro atoms. The van der Waals surface area contributed by atoms with Crippen molar-refractivity contribution in [2.75, 3.05) is 18.4 Å². The molecule has 0 radical (unpaired) electrons. The molecule has 2 rings (SSSR count). The van der Waals surface area contributed by atoms with E-state index in [4.69, 9.17) is 11.6 Å². The van der Waals surface area contributed by atoms with E-state index in [1.165, 1.54) is 11.0 Å². The summed E-state index contributed by atoms with van der Waals surface area (Å²) in [7, 11) is 0. The molecular formula is C23H31ClN4O2. The molecule has 0 unspecified atom stereocenters. The van der Waals surface area contributed by atoms with E-state index in [-0.39, 0.29) is 18.4 Å². The number of carbonyl (C=O) groups excluding carboxylic acids is 2. The van der Waals surface area contributed by atoms with Gasteiger partial charge in [0.05, 0.1) is 5.69 Å². The van der Waals surface area contributed by atoms with Gasteiger partial charge in [0.15, 0.2) is 0 Å². The highest BCUT2D eigenvalue weighted by Gasteiger charge is 2.17. The molecule has 0 aliphatic heterocycles. The Balaban J connectivity index is 2.09. The molecule has 2 aromatic rings. The zero-order chi connectivity index (χ0) is 22.3. The molecule has 6 nitrogen and oxygen atoms in total. The normalized spacial score (nSPS) is 11.3. The van der Waals surface area contributed by atoms with Gasteiger partial charge >= 0.3 is 0 Å². The van der Waals surface area contributed by atoms with Crippen LogP contribution in [-0.4, -0.2) is 39.6 Å². The minimum absolute atomic E-state index is 0.00925. The van der Waals surface area contributed by atoms with Crippen LogP contribution in [0, 0.1) is 19.8 Å². The maximum absolute atomic E-state index is 12.8. The van der Waals surface area contributed by atoms with E-state index in [1.54, 1.807) is 10.8 Å². The van der Waals surface area contributed by atoms with E-state index in [0.717, 1.165) is 28.9 Å². The molecule has 1 aromatic carbocycles. The maximum atomic E-state index is 12.8. The third-order valence-electron chi connectivity index (χ3n) is 4.60. The number of hydrogen-bond donors (Lipinski definition) is 1. The van der Waals surface area contributed by atoms with Gasteiger partial charge in [0.2, 0.25) is 11.8 Å². The number of benzene rings is 1. The Bertz CT molecular complexity index is 918. The zero-order valence-electron chi connectivity index (χ0n) is 18.4. The molecule has 1 aromatic heterocycles. The van der Waals surface area contributed by atoms with Gasteiger partial charge in [-0.2, -0.15) is 5.10 Å². The van der Waals surface area contributed by atoms with Crippen molar-refractivity contribution >= 4 is 35.2 Å². The van der Waals surface area contributed by atoms with Crippen LogP contribution in [0.1, 0.15) is 44.0 Å². The first-order chi connectivity index (χ1) is 14.2. The summed E-state index contributed by atoms with van der Waals surface area (Å²) in [6.45, 7) is 11.1. The quantitative estimate of drug-likeness (QED) is 0.586. The number of nitrogens with one attached hydrogen (secondary N) is 1. The number of para-hydroxylation sites is 1. The second kappa shape index (κ2) is 11.0.